The molecule has 0 aromatic heterocycles. The molecule has 0 saturated heterocycles. The van der Waals surface area contributed by atoms with Gasteiger partial charge in [0.2, 0.25) is 0 Å². The predicted molar refractivity (Wildman–Crippen MR) is 89.2 cm³/mol. The molecular weight excluding hydrogens is 330 g/mol. The number of hydrogen-bond acceptors (Lipinski definition) is 3. The molecule has 4 heteroatoms. The highest BCUT2D eigenvalue weighted by molar-refractivity contribution is 9.10. The molecule has 2 aromatic carbocycles. The van der Waals surface area contributed by atoms with Gasteiger partial charge in [-0.15, -0.1) is 0 Å². The van der Waals surface area contributed by atoms with Gasteiger partial charge in [0.15, 0.2) is 0 Å². The number of hydrogen-bond donors (Lipinski definition) is 1. The van der Waals surface area contributed by atoms with Gasteiger partial charge in [0, 0.05) is 10.2 Å². The first-order valence-electron chi connectivity index (χ1n) is 6.64. The highest BCUT2D eigenvalue weighted by Gasteiger charge is 2.18. The molecule has 0 aliphatic rings. The molecule has 0 unspecified atom stereocenters. The van der Waals surface area contributed by atoms with Crippen molar-refractivity contribution in [1.82, 2.24) is 0 Å². The molecule has 0 bridgehead atoms. The van der Waals surface area contributed by atoms with Crippen LogP contribution >= 0.6 is 15.9 Å². The third-order valence-corrected chi connectivity index (χ3v) is 3.23. The van der Waals surface area contributed by atoms with Crippen LogP contribution in [0.3, 0.4) is 0 Å². The van der Waals surface area contributed by atoms with Crippen molar-refractivity contribution in [2.45, 2.75) is 26.4 Å². The number of benzene rings is 2. The van der Waals surface area contributed by atoms with Crippen molar-refractivity contribution >= 4 is 27.6 Å². The van der Waals surface area contributed by atoms with E-state index in [4.69, 9.17) is 10.5 Å². The Labute approximate surface area is 133 Å². The van der Waals surface area contributed by atoms with Crippen LogP contribution in [0.2, 0.25) is 0 Å². The van der Waals surface area contributed by atoms with Crippen LogP contribution in [0.5, 0.6) is 0 Å². The minimum absolute atomic E-state index is 0.333. The number of halogens is 1. The Hall–Kier alpha value is -1.81. The second kappa shape index (κ2) is 5.90. The quantitative estimate of drug-likeness (QED) is 0.635. The van der Waals surface area contributed by atoms with E-state index >= 15 is 0 Å². The summed E-state index contributed by atoms with van der Waals surface area (Å²) < 4.78 is 6.24. The number of nitrogens with two attached hydrogens (primary N) is 1. The summed E-state index contributed by atoms with van der Waals surface area (Å²) >= 11 is 3.44. The first-order chi connectivity index (χ1) is 9.74. The smallest absolute Gasteiger partial charge is 0.338 e. The third kappa shape index (κ3) is 4.33. The Morgan fingerprint density at radius 2 is 1.67 bits per heavy atom. The van der Waals surface area contributed by atoms with Gasteiger partial charge in [-0.2, -0.15) is 0 Å². The zero-order valence-corrected chi connectivity index (χ0v) is 13.9. The van der Waals surface area contributed by atoms with Crippen LogP contribution in [-0.2, 0) is 4.74 Å². The van der Waals surface area contributed by atoms with Gasteiger partial charge in [-0.1, -0.05) is 28.1 Å². The maximum absolute atomic E-state index is 12.2. The Morgan fingerprint density at radius 3 is 2.24 bits per heavy atom. The predicted octanol–water partition coefficient (Wildman–Crippen LogP) is 4.65. The number of anilines is 1. The van der Waals surface area contributed by atoms with Gasteiger partial charge in [-0.25, -0.2) is 4.79 Å². The van der Waals surface area contributed by atoms with Crippen molar-refractivity contribution in [2.75, 3.05) is 5.73 Å². The molecule has 0 aliphatic carbocycles. The van der Waals surface area contributed by atoms with Crippen molar-refractivity contribution in [3.63, 3.8) is 0 Å². The molecule has 0 aliphatic heterocycles. The lowest BCUT2D eigenvalue weighted by molar-refractivity contribution is 0.00695. The topological polar surface area (TPSA) is 52.3 Å². The summed E-state index contributed by atoms with van der Waals surface area (Å²) in [5.74, 6) is -0.333. The molecule has 2 aromatic rings. The molecule has 2 rings (SSSR count). The van der Waals surface area contributed by atoms with Gasteiger partial charge in [0.1, 0.15) is 5.60 Å². The Morgan fingerprint density at radius 1 is 1.05 bits per heavy atom. The van der Waals surface area contributed by atoms with Crippen LogP contribution in [0.4, 0.5) is 5.69 Å². The zero-order valence-electron chi connectivity index (χ0n) is 12.3. The van der Waals surface area contributed by atoms with Crippen LogP contribution in [0.25, 0.3) is 11.1 Å². The van der Waals surface area contributed by atoms with Gasteiger partial charge in [0.05, 0.1) is 5.56 Å². The molecule has 0 heterocycles. The fraction of sp³-hybridized carbons (Fsp3) is 0.235. The van der Waals surface area contributed by atoms with Crippen molar-refractivity contribution in [1.29, 1.82) is 0 Å². The zero-order chi connectivity index (χ0) is 15.6. The molecule has 0 spiro atoms. The fourth-order valence-corrected chi connectivity index (χ4v) is 2.38. The molecular formula is C17H18BrNO2. The van der Waals surface area contributed by atoms with Gasteiger partial charge >= 0.3 is 5.97 Å². The summed E-state index contributed by atoms with van der Waals surface area (Å²) in [6, 6.07) is 13.1. The third-order valence-electron chi connectivity index (χ3n) is 2.78. The lowest BCUT2D eigenvalue weighted by Gasteiger charge is -2.19. The molecule has 0 amide bonds. The van der Waals surface area contributed by atoms with Crippen LogP contribution in [0, 0.1) is 0 Å². The molecule has 0 radical (unpaired) electrons. The van der Waals surface area contributed by atoms with E-state index in [9.17, 15) is 4.79 Å². The van der Waals surface area contributed by atoms with E-state index in [0.717, 1.165) is 15.6 Å². The van der Waals surface area contributed by atoms with Gasteiger partial charge in [0.25, 0.3) is 0 Å². The van der Waals surface area contributed by atoms with Crippen molar-refractivity contribution < 1.29 is 9.53 Å². The van der Waals surface area contributed by atoms with E-state index in [2.05, 4.69) is 15.9 Å². The average Bonchev–Trinajstić information content (AvgIpc) is 2.36. The van der Waals surface area contributed by atoms with E-state index in [1.165, 1.54) is 0 Å². The van der Waals surface area contributed by atoms with E-state index in [-0.39, 0.29) is 5.97 Å². The van der Waals surface area contributed by atoms with E-state index < -0.39 is 5.60 Å². The normalized spacial score (nSPS) is 11.2. The summed E-state index contributed by atoms with van der Waals surface area (Å²) in [7, 11) is 0. The molecule has 110 valence electrons. The fourth-order valence-electron chi connectivity index (χ4n) is 1.89. The van der Waals surface area contributed by atoms with Crippen molar-refractivity contribution in [3.8, 4) is 11.1 Å². The maximum atomic E-state index is 12.2. The molecule has 3 nitrogen and oxygen atoms in total. The van der Waals surface area contributed by atoms with Crippen molar-refractivity contribution in [3.05, 3.63) is 52.5 Å². The monoisotopic (exact) mass is 347 g/mol. The second-order valence-electron chi connectivity index (χ2n) is 5.85. The highest BCUT2D eigenvalue weighted by Crippen LogP contribution is 2.27. The van der Waals surface area contributed by atoms with E-state index in [1.54, 1.807) is 6.07 Å². The minimum Gasteiger partial charge on any atom is -0.456 e. The average molecular weight is 348 g/mol. The number of nitrogen functional groups attached to an aromatic ring is 1. The standard InChI is InChI=1S/C17H18BrNO2/c1-17(2,3)21-16(20)13-8-12(9-14(18)10-13)11-4-6-15(19)7-5-11/h4-10H,19H2,1-3H3. The Kier molecular flexibility index (Phi) is 4.37. The maximum Gasteiger partial charge on any atom is 0.338 e. The van der Waals surface area contributed by atoms with E-state index in [0.29, 0.717) is 11.3 Å². The number of ether oxygens (including phenoxy) is 1. The lowest BCUT2D eigenvalue weighted by atomic mass is 10.0. The molecule has 2 N–H and O–H groups in total. The lowest BCUT2D eigenvalue weighted by Crippen LogP contribution is -2.23. The summed E-state index contributed by atoms with van der Waals surface area (Å²) in [5, 5.41) is 0. The van der Waals surface area contributed by atoms with Crippen LogP contribution in [0.1, 0.15) is 31.1 Å². The summed E-state index contributed by atoms with van der Waals surface area (Å²) in [6.45, 7) is 5.55. The number of rotatable bonds is 2. The van der Waals surface area contributed by atoms with Crippen LogP contribution < -0.4 is 5.73 Å². The van der Waals surface area contributed by atoms with Crippen LogP contribution in [-0.4, -0.2) is 11.6 Å². The molecule has 0 saturated carbocycles. The minimum atomic E-state index is -0.513. The first kappa shape index (κ1) is 15.6. The number of carbonyl (C=O) groups excluding carboxylic acids is 1. The van der Waals surface area contributed by atoms with E-state index in [1.807, 2.05) is 57.2 Å². The highest BCUT2D eigenvalue weighted by atomic mass is 79.9. The number of esters is 1. The summed E-state index contributed by atoms with van der Waals surface area (Å²) in [4.78, 5) is 12.2. The number of carbonyl (C=O) groups is 1. The second-order valence-corrected chi connectivity index (χ2v) is 6.77. The summed E-state index contributed by atoms with van der Waals surface area (Å²) in [6.07, 6.45) is 0. The summed E-state index contributed by atoms with van der Waals surface area (Å²) in [5.41, 5.74) is 8.35. The largest absolute Gasteiger partial charge is 0.456 e. The Balaban J connectivity index is 2.37. The molecule has 0 atom stereocenters. The van der Waals surface area contributed by atoms with Gasteiger partial charge < -0.3 is 10.5 Å². The SMILES string of the molecule is CC(C)(C)OC(=O)c1cc(Br)cc(-c2ccc(N)cc2)c1. The van der Waals surface area contributed by atoms with Crippen molar-refractivity contribution in [2.24, 2.45) is 0 Å². The Bertz CT molecular complexity index is 657. The molecule has 0 fully saturated rings. The van der Waals surface area contributed by atoms with Crippen LogP contribution in [0.15, 0.2) is 46.9 Å². The first-order valence-corrected chi connectivity index (χ1v) is 7.44. The van der Waals surface area contributed by atoms with Gasteiger partial charge in [-0.3, -0.25) is 0 Å². The van der Waals surface area contributed by atoms with Gasteiger partial charge in [-0.05, 0) is 62.2 Å². The molecule has 21 heavy (non-hydrogen) atoms.